The second-order valence-electron chi connectivity index (χ2n) is 7.67. The maximum atomic E-state index is 6.30. The molecule has 2 aliphatic rings. The summed E-state index contributed by atoms with van der Waals surface area (Å²) < 4.78 is 0. The molecule has 29 heavy (non-hydrogen) atoms. The van der Waals surface area contributed by atoms with Crippen LogP contribution in [0.15, 0.2) is 83.8 Å². The minimum atomic E-state index is 0.238. The van der Waals surface area contributed by atoms with Gasteiger partial charge in [-0.1, -0.05) is 71.8 Å². The quantitative estimate of drug-likeness (QED) is 0.326. The van der Waals surface area contributed by atoms with Gasteiger partial charge in [0.2, 0.25) is 0 Å². The van der Waals surface area contributed by atoms with Crippen LogP contribution in [0, 0.1) is 5.92 Å². The van der Waals surface area contributed by atoms with E-state index in [0.717, 1.165) is 12.2 Å². The largest absolute Gasteiger partial charge is 0.378 e. The zero-order chi connectivity index (χ0) is 19.8. The van der Waals surface area contributed by atoms with E-state index < -0.39 is 0 Å². The lowest BCUT2D eigenvalue weighted by Crippen LogP contribution is -2.29. The van der Waals surface area contributed by atoms with Crippen LogP contribution in [0.2, 0.25) is 10.0 Å². The Kier molecular flexibility index (Phi) is 5.34. The van der Waals surface area contributed by atoms with Crippen LogP contribution in [0.5, 0.6) is 0 Å². The molecule has 1 N–H and O–H groups in total. The summed E-state index contributed by atoms with van der Waals surface area (Å²) in [5, 5.41) is 5.01. The highest BCUT2D eigenvalue weighted by atomic mass is 35.5. The number of rotatable bonds is 4. The van der Waals surface area contributed by atoms with Crippen molar-refractivity contribution >= 4 is 40.7 Å². The Balaban J connectivity index is 1.42. The highest BCUT2D eigenvalue weighted by molar-refractivity contribution is 7.98. The minimum Gasteiger partial charge on any atom is -0.378 e. The second kappa shape index (κ2) is 8.10. The van der Waals surface area contributed by atoms with Crippen molar-refractivity contribution in [1.82, 2.24) is 0 Å². The van der Waals surface area contributed by atoms with Crippen molar-refractivity contribution in [3.8, 4) is 0 Å². The molecule has 1 heterocycles. The van der Waals surface area contributed by atoms with Gasteiger partial charge in [0, 0.05) is 22.3 Å². The van der Waals surface area contributed by atoms with Crippen LogP contribution in [0.3, 0.4) is 0 Å². The Bertz CT molecular complexity index is 1060. The fourth-order valence-corrected chi connectivity index (χ4v) is 5.62. The lowest BCUT2D eigenvalue weighted by molar-refractivity contribution is 0.425. The first-order valence-corrected chi connectivity index (χ1v) is 11.6. The van der Waals surface area contributed by atoms with Crippen molar-refractivity contribution in [2.75, 3.05) is 5.32 Å². The van der Waals surface area contributed by atoms with E-state index in [4.69, 9.17) is 23.2 Å². The molecular weight excluding hydrogens is 417 g/mol. The van der Waals surface area contributed by atoms with Crippen molar-refractivity contribution in [1.29, 1.82) is 0 Å². The lowest BCUT2D eigenvalue weighted by atomic mass is 9.76. The SMILES string of the molecule is Clc1ccc([C@@H]2Nc3ccc(CSc4ccccc4)cc3[C@@H]3C=CC[C@H]32)cc1Cl. The Morgan fingerprint density at radius 2 is 1.79 bits per heavy atom. The van der Waals surface area contributed by atoms with Crippen molar-refractivity contribution in [3.05, 3.63) is 106 Å². The minimum absolute atomic E-state index is 0.238. The number of fused-ring (bicyclic) bond motifs is 3. The van der Waals surface area contributed by atoms with E-state index in [1.807, 2.05) is 23.9 Å². The molecule has 4 heteroatoms. The van der Waals surface area contributed by atoms with Crippen molar-refractivity contribution < 1.29 is 0 Å². The fraction of sp³-hybridized carbons (Fsp3) is 0.200. The number of anilines is 1. The zero-order valence-electron chi connectivity index (χ0n) is 15.8. The second-order valence-corrected chi connectivity index (χ2v) is 9.54. The molecule has 3 aromatic rings. The van der Waals surface area contributed by atoms with E-state index in [9.17, 15) is 0 Å². The summed E-state index contributed by atoms with van der Waals surface area (Å²) in [6.07, 6.45) is 5.77. The average molecular weight is 438 g/mol. The van der Waals surface area contributed by atoms with Gasteiger partial charge in [-0.25, -0.2) is 0 Å². The van der Waals surface area contributed by atoms with Gasteiger partial charge >= 0.3 is 0 Å². The molecule has 3 aromatic carbocycles. The molecule has 146 valence electrons. The van der Waals surface area contributed by atoms with E-state index in [1.165, 1.54) is 27.3 Å². The first kappa shape index (κ1) is 19.1. The number of benzene rings is 3. The van der Waals surface area contributed by atoms with E-state index in [-0.39, 0.29) is 6.04 Å². The Hall–Kier alpha value is -1.87. The fourth-order valence-electron chi connectivity index (χ4n) is 4.45. The van der Waals surface area contributed by atoms with Gasteiger partial charge in [0.25, 0.3) is 0 Å². The summed E-state index contributed by atoms with van der Waals surface area (Å²) in [6, 6.07) is 23.7. The first-order valence-electron chi connectivity index (χ1n) is 9.88. The van der Waals surface area contributed by atoms with Crippen molar-refractivity contribution in [2.45, 2.75) is 29.0 Å². The van der Waals surface area contributed by atoms with Gasteiger partial charge in [0.05, 0.1) is 16.1 Å². The van der Waals surface area contributed by atoms with Gasteiger partial charge in [-0.15, -0.1) is 11.8 Å². The molecule has 1 aliphatic heterocycles. The van der Waals surface area contributed by atoms with Crippen LogP contribution in [0.25, 0.3) is 0 Å². The smallest absolute Gasteiger partial charge is 0.0595 e. The van der Waals surface area contributed by atoms with E-state index in [0.29, 0.717) is 21.9 Å². The molecule has 0 saturated carbocycles. The number of halogens is 2. The molecule has 0 saturated heterocycles. The third-order valence-electron chi connectivity index (χ3n) is 5.88. The third kappa shape index (κ3) is 3.82. The molecule has 0 unspecified atom stereocenters. The van der Waals surface area contributed by atoms with Gasteiger partial charge in [-0.3, -0.25) is 0 Å². The predicted molar refractivity (Wildman–Crippen MR) is 125 cm³/mol. The van der Waals surface area contributed by atoms with Gasteiger partial charge in [0.1, 0.15) is 0 Å². The summed E-state index contributed by atoms with van der Waals surface area (Å²) in [7, 11) is 0. The molecule has 0 fully saturated rings. The summed E-state index contributed by atoms with van der Waals surface area (Å²) in [4.78, 5) is 1.31. The van der Waals surface area contributed by atoms with Gasteiger partial charge in [0.15, 0.2) is 0 Å². The Morgan fingerprint density at radius 3 is 2.62 bits per heavy atom. The molecule has 1 aliphatic carbocycles. The Labute approximate surface area is 186 Å². The molecule has 3 atom stereocenters. The summed E-state index contributed by atoms with van der Waals surface area (Å²) >= 11 is 14.3. The number of allylic oxidation sites excluding steroid dienone is 2. The molecule has 0 radical (unpaired) electrons. The molecule has 5 rings (SSSR count). The van der Waals surface area contributed by atoms with Crippen LogP contribution in [-0.2, 0) is 5.75 Å². The molecule has 0 bridgehead atoms. The standard InChI is InChI=1S/C25H21Cl2NS/c26-22-11-10-17(14-23(22)27)25-20-8-4-7-19(20)21-13-16(9-12-24(21)28-25)15-29-18-5-2-1-3-6-18/h1-7,9-14,19-20,25,28H,8,15H2/t19-,20-,25+/m1/s1. The molecule has 0 spiro atoms. The topological polar surface area (TPSA) is 12.0 Å². The van der Waals surface area contributed by atoms with Crippen LogP contribution >= 0.6 is 35.0 Å². The molecule has 0 aromatic heterocycles. The predicted octanol–water partition coefficient (Wildman–Crippen LogP) is 8.11. The van der Waals surface area contributed by atoms with E-state index >= 15 is 0 Å². The van der Waals surface area contributed by atoms with Crippen LogP contribution < -0.4 is 5.32 Å². The monoisotopic (exact) mass is 437 g/mol. The Morgan fingerprint density at radius 1 is 0.931 bits per heavy atom. The maximum absolute atomic E-state index is 6.30. The normalized spacial score (nSPS) is 22.1. The summed E-state index contributed by atoms with van der Waals surface area (Å²) in [5.41, 5.74) is 5.20. The van der Waals surface area contributed by atoms with E-state index in [2.05, 4.69) is 72.1 Å². The van der Waals surface area contributed by atoms with Gasteiger partial charge in [-0.05, 0) is 59.4 Å². The number of thioether (sulfide) groups is 1. The van der Waals surface area contributed by atoms with Crippen molar-refractivity contribution in [3.63, 3.8) is 0 Å². The number of hydrogen-bond acceptors (Lipinski definition) is 2. The average Bonchev–Trinajstić information content (AvgIpc) is 3.25. The molecule has 1 nitrogen and oxygen atoms in total. The zero-order valence-corrected chi connectivity index (χ0v) is 18.1. The third-order valence-corrected chi connectivity index (χ3v) is 7.70. The molecular formula is C25H21Cl2NS. The van der Waals surface area contributed by atoms with Gasteiger partial charge < -0.3 is 5.32 Å². The van der Waals surface area contributed by atoms with Crippen molar-refractivity contribution in [2.24, 2.45) is 5.92 Å². The maximum Gasteiger partial charge on any atom is 0.0595 e. The van der Waals surface area contributed by atoms with E-state index in [1.54, 1.807) is 0 Å². The van der Waals surface area contributed by atoms with Gasteiger partial charge in [-0.2, -0.15) is 0 Å². The highest BCUT2D eigenvalue weighted by Gasteiger charge is 2.38. The number of nitrogens with one attached hydrogen (secondary N) is 1. The van der Waals surface area contributed by atoms with Crippen LogP contribution in [-0.4, -0.2) is 0 Å². The first-order chi connectivity index (χ1) is 14.2. The summed E-state index contributed by atoms with van der Waals surface area (Å²) in [6.45, 7) is 0. The number of hydrogen-bond donors (Lipinski definition) is 1. The summed E-state index contributed by atoms with van der Waals surface area (Å²) in [5.74, 6) is 1.92. The molecule has 0 amide bonds. The lowest BCUT2D eigenvalue weighted by Gasteiger charge is -2.38. The van der Waals surface area contributed by atoms with Crippen LogP contribution in [0.1, 0.15) is 35.1 Å². The highest BCUT2D eigenvalue weighted by Crippen LogP contribution is 2.50. The van der Waals surface area contributed by atoms with Crippen LogP contribution in [0.4, 0.5) is 5.69 Å².